The number of amides is 1. The van der Waals surface area contributed by atoms with Crippen LogP contribution in [0.5, 0.6) is 0 Å². The average molecular weight is 354 g/mol. The van der Waals surface area contributed by atoms with Gasteiger partial charge in [0.2, 0.25) is 0 Å². The summed E-state index contributed by atoms with van der Waals surface area (Å²) in [7, 11) is 0. The van der Waals surface area contributed by atoms with E-state index in [1.54, 1.807) is 11.8 Å². The molecule has 0 aliphatic carbocycles. The molecule has 3 N–H and O–H groups in total. The molecule has 1 amide bonds. The number of carbonyl (C=O) groups excluding carboxylic acids is 1. The number of nitrogens with zero attached hydrogens (tertiary/aromatic N) is 2. The van der Waals surface area contributed by atoms with Crippen molar-refractivity contribution in [1.29, 1.82) is 0 Å². The quantitative estimate of drug-likeness (QED) is 0.626. The molecule has 1 aromatic rings. The van der Waals surface area contributed by atoms with Crippen LogP contribution >= 0.6 is 0 Å². The number of carbonyl (C=O) groups is 1. The average Bonchev–Trinajstić information content (AvgIpc) is 2.57. The highest BCUT2D eigenvalue weighted by Gasteiger charge is 2.23. The van der Waals surface area contributed by atoms with Gasteiger partial charge in [0.1, 0.15) is 11.6 Å². The Morgan fingerprint density at radius 2 is 2.12 bits per heavy atom. The number of nitrogens with one attached hydrogen (secondary N) is 1. The Morgan fingerprint density at radius 3 is 2.76 bits per heavy atom. The standard InChI is InChI=1S/C17H24F2N4O2/c1-2-25-17(24)23-9-6-14(7-10-23)22-16(20)21-8-5-12-3-4-13(18)11-15(12)19/h3-4,11,14H,2,5-10H2,1H3,(H3,20,21,22). The van der Waals surface area contributed by atoms with Gasteiger partial charge in [0.05, 0.1) is 6.61 Å². The Morgan fingerprint density at radius 1 is 1.40 bits per heavy atom. The van der Waals surface area contributed by atoms with E-state index in [-0.39, 0.29) is 18.1 Å². The number of likely N-dealkylation sites (tertiary alicyclic amines) is 1. The summed E-state index contributed by atoms with van der Waals surface area (Å²) < 4.78 is 31.3. The van der Waals surface area contributed by atoms with Crippen molar-refractivity contribution in [2.24, 2.45) is 10.7 Å². The van der Waals surface area contributed by atoms with Gasteiger partial charge in [-0.1, -0.05) is 6.07 Å². The first-order valence-electron chi connectivity index (χ1n) is 8.41. The molecule has 138 valence electrons. The fourth-order valence-electron chi connectivity index (χ4n) is 2.70. The Kier molecular flexibility index (Phi) is 6.97. The summed E-state index contributed by atoms with van der Waals surface area (Å²) in [6.45, 7) is 3.66. The molecule has 1 heterocycles. The first-order chi connectivity index (χ1) is 12.0. The predicted octanol–water partition coefficient (Wildman–Crippen LogP) is 2.03. The maximum Gasteiger partial charge on any atom is 0.409 e. The van der Waals surface area contributed by atoms with Crippen LogP contribution in [0, 0.1) is 11.6 Å². The molecule has 0 spiro atoms. The van der Waals surface area contributed by atoms with Gasteiger partial charge in [-0.15, -0.1) is 0 Å². The number of nitrogens with two attached hydrogens (primary N) is 1. The Balaban J connectivity index is 1.74. The first kappa shape index (κ1) is 19.0. The monoisotopic (exact) mass is 354 g/mol. The minimum Gasteiger partial charge on any atom is -0.450 e. The minimum atomic E-state index is -0.597. The lowest BCUT2D eigenvalue weighted by molar-refractivity contribution is 0.0963. The number of aliphatic imine (C=N–C) groups is 1. The second-order valence-corrected chi connectivity index (χ2v) is 5.86. The largest absolute Gasteiger partial charge is 0.450 e. The first-order valence-corrected chi connectivity index (χ1v) is 8.41. The van der Waals surface area contributed by atoms with Crippen LogP contribution in [0.1, 0.15) is 25.3 Å². The topological polar surface area (TPSA) is 80.0 Å². The van der Waals surface area contributed by atoms with Crippen molar-refractivity contribution in [3.63, 3.8) is 0 Å². The number of ether oxygens (including phenoxy) is 1. The maximum absolute atomic E-state index is 13.5. The zero-order valence-corrected chi connectivity index (χ0v) is 14.3. The van der Waals surface area contributed by atoms with Gasteiger partial charge in [-0.3, -0.25) is 4.99 Å². The molecule has 0 aromatic heterocycles. The van der Waals surface area contributed by atoms with E-state index in [1.165, 1.54) is 12.1 Å². The summed E-state index contributed by atoms with van der Waals surface area (Å²) in [5.74, 6) is -0.884. The van der Waals surface area contributed by atoms with Gasteiger partial charge in [0.25, 0.3) is 0 Å². The Labute approximate surface area is 146 Å². The van der Waals surface area contributed by atoms with Gasteiger partial charge in [0.15, 0.2) is 5.96 Å². The summed E-state index contributed by atoms with van der Waals surface area (Å²) in [5.41, 5.74) is 6.26. The van der Waals surface area contributed by atoms with Crippen LogP contribution in [0.3, 0.4) is 0 Å². The molecule has 1 aliphatic rings. The SMILES string of the molecule is CCOC(=O)N1CCC(NC(N)=NCCc2ccc(F)cc2F)CC1. The maximum atomic E-state index is 13.5. The van der Waals surface area contributed by atoms with Crippen LogP contribution in [-0.4, -0.2) is 49.2 Å². The van der Waals surface area contributed by atoms with Gasteiger partial charge in [-0.05, 0) is 37.8 Å². The van der Waals surface area contributed by atoms with E-state index in [4.69, 9.17) is 10.5 Å². The number of guanidine groups is 1. The van der Waals surface area contributed by atoms with E-state index in [0.717, 1.165) is 18.9 Å². The second-order valence-electron chi connectivity index (χ2n) is 5.86. The molecular formula is C17H24F2N4O2. The number of benzene rings is 1. The molecule has 25 heavy (non-hydrogen) atoms. The van der Waals surface area contributed by atoms with Crippen molar-refractivity contribution in [1.82, 2.24) is 10.2 Å². The number of halogens is 2. The molecule has 0 atom stereocenters. The van der Waals surface area contributed by atoms with E-state index in [9.17, 15) is 13.6 Å². The molecule has 2 rings (SSSR count). The summed E-state index contributed by atoms with van der Waals surface area (Å²) >= 11 is 0. The molecule has 6 nitrogen and oxygen atoms in total. The number of rotatable bonds is 5. The van der Waals surface area contributed by atoms with Gasteiger partial charge < -0.3 is 20.7 Å². The summed E-state index contributed by atoms with van der Waals surface area (Å²) in [4.78, 5) is 17.5. The number of hydrogen-bond donors (Lipinski definition) is 2. The van der Waals surface area contributed by atoms with Crippen molar-refractivity contribution in [3.05, 3.63) is 35.4 Å². The van der Waals surface area contributed by atoms with Crippen molar-refractivity contribution in [2.75, 3.05) is 26.2 Å². The van der Waals surface area contributed by atoms with Crippen LogP contribution in [0.2, 0.25) is 0 Å². The van der Waals surface area contributed by atoms with E-state index in [2.05, 4.69) is 10.3 Å². The highest BCUT2D eigenvalue weighted by Crippen LogP contribution is 2.12. The molecule has 0 radical (unpaired) electrons. The van der Waals surface area contributed by atoms with Gasteiger partial charge >= 0.3 is 6.09 Å². The summed E-state index contributed by atoms with van der Waals surface area (Å²) in [6, 6.07) is 3.63. The highest BCUT2D eigenvalue weighted by molar-refractivity contribution is 5.78. The van der Waals surface area contributed by atoms with Crippen LogP contribution in [0.25, 0.3) is 0 Å². The van der Waals surface area contributed by atoms with Gasteiger partial charge in [-0.25, -0.2) is 13.6 Å². The van der Waals surface area contributed by atoms with E-state index in [0.29, 0.717) is 38.2 Å². The zero-order valence-electron chi connectivity index (χ0n) is 14.3. The third-order valence-electron chi connectivity index (χ3n) is 4.05. The highest BCUT2D eigenvalue weighted by atomic mass is 19.1. The van der Waals surface area contributed by atoms with Crippen molar-refractivity contribution < 1.29 is 18.3 Å². The van der Waals surface area contributed by atoms with E-state index < -0.39 is 11.6 Å². The predicted molar refractivity (Wildman–Crippen MR) is 91.3 cm³/mol. The van der Waals surface area contributed by atoms with Gasteiger partial charge in [0, 0.05) is 31.7 Å². The molecule has 0 unspecified atom stereocenters. The normalized spacial score (nSPS) is 16.0. The fourth-order valence-corrected chi connectivity index (χ4v) is 2.70. The molecule has 1 fully saturated rings. The van der Waals surface area contributed by atoms with Gasteiger partial charge in [-0.2, -0.15) is 0 Å². The van der Waals surface area contributed by atoms with E-state index >= 15 is 0 Å². The molecule has 1 aromatic carbocycles. The second kappa shape index (κ2) is 9.19. The lowest BCUT2D eigenvalue weighted by Gasteiger charge is -2.31. The smallest absolute Gasteiger partial charge is 0.409 e. The molecule has 0 bridgehead atoms. The third kappa shape index (κ3) is 5.88. The van der Waals surface area contributed by atoms with Crippen molar-refractivity contribution >= 4 is 12.1 Å². The molecule has 1 saturated heterocycles. The van der Waals surface area contributed by atoms with Crippen LogP contribution in [0.15, 0.2) is 23.2 Å². The minimum absolute atomic E-state index is 0.136. The fraction of sp³-hybridized carbons (Fsp3) is 0.529. The summed E-state index contributed by atoms with van der Waals surface area (Å²) in [6.07, 6.45) is 1.56. The summed E-state index contributed by atoms with van der Waals surface area (Å²) in [5, 5.41) is 3.12. The lowest BCUT2D eigenvalue weighted by atomic mass is 10.1. The molecule has 0 saturated carbocycles. The number of piperidine rings is 1. The Bertz CT molecular complexity index is 617. The van der Waals surface area contributed by atoms with Crippen LogP contribution < -0.4 is 11.1 Å². The molecular weight excluding hydrogens is 330 g/mol. The Hall–Kier alpha value is -2.38. The zero-order chi connectivity index (χ0) is 18.2. The third-order valence-corrected chi connectivity index (χ3v) is 4.05. The van der Waals surface area contributed by atoms with Crippen molar-refractivity contribution in [3.8, 4) is 0 Å². The number of hydrogen-bond acceptors (Lipinski definition) is 3. The van der Waals surface area contributed by atoms with Crippen molar-refractivity contribution in [2.45, 2.75) is 32.2 Å². The van der Waals surface area contributed by atoms with Crippen LogP contribution in [0.4, 0.5) is 13.6 Å². The van der Waals surface area contributed by atoms with Crippen LogP contribution in [-0.2, 0) is 11.2 Å². The molecule has 1 aliphatic heterocycles. The van der Waals surface area contributed by atoms with E-state index in [1.807, 2.05) is 0 Å². The lowest BCUT2D eigenvalue weighted by Crippen LogP contribution is -2.48. The molecule has 8 heteroatoms.